The first-order valence-corrected chi connectivity index (χ1v) is 8.88. The van der Waals surface area contributed by atoms with Crippen LogP contribution in [-0.4, -0.2) is 28.3 Å². The highest BCUT2D eigenvalue weighted by Gasteiger charge is 2.30. The Morgan fingerprint density at radius 3 is 2.83 bits per heavy atom. The maximum absolute atomic E-state index is 11.1. The number of hydrogen-bond acceptors (Lipinski definition) is 2. The highest BCUT2D eigenvalue weighted by atomic mass is 79.9. The Labute approximate surface area is 120 Å². The molecule has 0 saturated heterocycles. The summed E-state index contributed by atoms with van der Waals surface area (Å²) in [4.78, 5) is 0. The third-order valence-corrected chi connectivity index (χ3v) is 4.93. The number of halogens is 1. The molecular weight excluding hydrogens is 310 g/mol. The second-order valence-electron chi connectivity index (χ2n) is 5.23. The van der Waals surface area contributed by atoms with Crippen LogP contribution in [0.3, 0.4) is 0 Å². The zero-order valence-corrected chi connectivity index (χ0v) is 13.3. The molecule has 1 aliphatic rings. The lowest BCUT2D eigenvalue weighted by molar-refractivity contribution is 0.276. The van der Waals surface area contributed by atoms with Gasteiger partial charge in [0.25, 0.3) is 0 Å². The molecule has 0 spiro atoms. The van der Waals surface area contributed by atoms with Gasteiger partial charge in [-0.3, -0.25) is 4.21 Å². The van der Waals surface area contributed by atoms with Gasteiger partial charge in [0.15, 0.2) is 0 Å². The van der Waals surface area contributed by atoms with E-state index >= 15 is 0 Å². The van der Waals surface area contributed by atoms with Crippen molar-refractivity contribution in [2.24, 2.45) is 0 Å². The van der Waals surface area contributed by atoms with Crippen molar-refractivity contribution < 1.29 is 4.21 Å². The van der Waals surface area contributed by atoms with E-state index < -0.39 is 10.8 Å². The van der Waals surface area contributed by atoms with Crippen molar-refractivity contribution in [3.05, 3.63) is 34.3 Å². The van der Waals surface area contributed by atoms with E-state index in [9.17, 15) is 4.21 Å². The normalized spacial score (nSPS) is 26.4. The van der Waals surface area contributed by atoms with Crippen LogP contribution in [0.2, 0.25) is 0 Å². The Morgan fingerprint density at radius 1 is 1.50 bits per heavy atom. The molecule has 0 bridgehead atoms. The Kier molecular flexibility index (Phi) is 4.98. The molecule has 4 heteroatoms. The van der Waals surface area contributed by atoms with Gasteiger partial charge in [-0.05, 0) is 43.4 Å². The lowest BCUT2D eigenvalue weighted by atomic mass is 9.75. The van der Waals surface area contributed by atoms with Crippen LogP contribution in [0.4, 0.5) is 0 Å². The van der Waals surface area contributed by atoms with E-state index in [1.165, 1.54) is 18.4 Å². The summed E-state index contributed by atoms with van der Waals surface area (Å²) in [6, 6.07) is 9.53. The summed E-state index contributed by atoms with van der Waals surface area (Å²) < 4.78 is 12.3. The van der Waals surface area contributed by atoms with Crippen molar-refractivity contribution >= 4 is 26.7 Å². The van der Waals surface area contributed by atoms with Crippen LogP contribution in [0.25, 0.3) is 0 Å². The smallest absolute Gasteiger partial charge is 0.0383 e. The molecule has 1 saturated carbocycles. The molecule has 0 aliphatic heterocycles. The van der Waals surface area contributed by atoms with E-state index in [0.29, 0.717) is 18.0 Å². The van der Waals surface area contributed by atoms with E-state index in [4.69, 9.17) is 0 Å². The summed E-state index contributed by atoms with van der Waals surface area (Å²) in [5.41, 5.74) is 1.43. The summed E-state index contributed by atoms with van der Waals surface area (Å²) in [6.07, 6.45) is 4.15. The average Bonchev–Trinajstić information content (AvgIpc) is 2.21. The fourth-order valence-electron chi connectivity index (χ4n) is 2.59. The monoisotopic (exact) mass is 329 g/mol. The van der Waals surface area contributed by atoms with Crippen molar-refractivity contribution in [1.29, 1.82) is 0 Å². The molecule has 2 nitrogen and oxygen atoms in total. The fourth-order valence-corrected chi connectivity index (χ4v) is 3.81. The molecular formula is C14H20BrNOS. The Morgan fingerprint density at radius 2 is 2.22 bits per heavy atom. The number of nitrogens with one attached hydrogen (secondary N) is 1. The van der Waals surface area contributed by atoms with Crippen molar-refractivity contribution in [2.75, 3.05) is 12.0 Å². The molecule has 0 radical (unpaired) electrons. The maximum atomic E-state index is 11.1. The quantitative estimate of drug-likeness (QED) is 0.899. The van der Waals surface area contributed by atoms with Gasteiger partial charge >= 0.3 is 0 Å². The molecule has 1 aliphatic carbocycles. The van der Waals surface area contributed by atoms with E-state index in [0.717, 1.165) is 10.2 Å². The molecule has 0 aromatic heterocycles. The summed E-state index contributed by atoms with van der Waals surface area (Å²) in [5, 5.41) is 3.56. The largest absolute Gasteiger partial charge is 0.311 e. The molecule has 2 unspecified atom stereocenters. The summed E-state index contributed by atoms with van der Waals surface area (Å²) >= 11 is 3.52. The molecule has 0 heterocycles. The third-order valence-electron chi connectivity index (χ3n) is 3.46. The maximum Gasteiger partial charge on any atom is 0.0383 e. The van der Waals surface area contributed by atoms with Crippen molar-refractivity contribution in [1.82, 2.24) is 5.32 Å². The highest BCUT2D eigenvalue weighted by molar-refractivity contribution is 9.10. The second-order valence-corrected chi connectivity index (χ2v) is 7.62. The molecule has 0 amide bonds. The van der Waals surface area contributed by atoms with E-state index in [-0.39, 0.29) is 0 Å². The fraction of sp³-hybridized carbons (Fsp3) is 0.571. The first-order chi connectivity index (χ1) is 8.54. The second kappa shape index (κ2) is 6.31. The number of rotatable bonds is 5. The number of hydrogen-bond donors (Lipinski definition) is 1. The molecule has 2 atom stereocenters. The standard InChI is InChI=1S/C14H20BrNOS/c1-10(9-18(2)17)16-14-7-12(8-14)11-4-3-5-13(15)6-11/h3-6,10,12,14,16H,7-9H2,1-2H3. The predicted octanol–water partition coefficient (Wildman–Crippen LogP) is 3.05. The Bertz CT molecular complexity index is 432. The lowest BCUT2D eigenvalue weighted by Crippen LogP contribution is -2.46. The van der Waals surface area contributed by atoms with E-state index in [1.54, 1.807) is 6.26 Å². The molecule has 1 aromatic rings. The minimum atomic E-state index is -0.706. The zero-order chi connectivity index (χ0) is 13.1. The predicted molar refractivity (Wildman–Crippen MR) is 81.4 cm³/mol. The Balaban J connectivity index is 1.78. The lowest BCUT2D eigenvalue weighted by Gasteiger charge is -2.38. The van der Waals surface area contributed by atoms with Crippen molar-refractivity contribution in [3.63, 3.8) is 0 Å². The first-order valence-electron chi connectivity index (χ1n) is 6.36. The van der Waals surface area contributed by atoms with Gasteiger partial charge < -0.3 is 5.32 Å². The van der Waals surface area contributed by atoms with Gasteiger partial charge in [-0.1, -0.05) is 28.1 Å². The summed E-state index contributed by atoms with van der Waals surface area (Å²) in [7, 11) is -0.706. The molecule has 100 valence electrons. The average molecular weight is 330 g/mol. The van der Waals surface area contributed by atoms with E-state index in [2.05, 4.69) is 52.4 Å². The first kappa shape index (κ1) is 14.2. The Hall–Kier alpha value is -0.190. The van der Waals surface area contributed by atoms with Gasteiger partial charge in [0, 0.05) is 39.4 Å². The van der Waals surface area contributed by atoms with Crippen molar-refractivity contribution in [2.45, 2.75) is 37.8 Å². The molecule has 18 heavy (non-hydrogen) atoms. The molecule has 1 fully saturated rings. The highest BCUT2D eigenvalue weighted by Crippen LogP contribution is 2.37. The van der Waals surface area contributed by atoms with Crippen LogP contribution in [0.1, 0.15) is 31.2 Å². The van der Waals surface area contributed by atoms with Crippen LogP contribution in [-0.2, 0) is 10.8 Å². The van der Waals surface area contributed by atoms with Gasteiger partial charge in [-0.2, -0.15) is 0 Å². The van der Waals surface area contributed by atoms with E-state index in [1.807, 2.05) is 0 Å². The summed E-state index contributed by atoms with van der Waals surface area (Å²) in [6.45, 7) is 2.12. The van der Waals surface area contributed by atoms with Gasteiger partial charge in [0.1, 0.15) is 0 Å². The van der Waals surface area contributed by atoms with Crippen LogP contribution >= 0.6 is 15.9 Å². The van der Waals surface area contributed by atoms with Crippen LogP contribution in [0.5, 0.6) is 0 Å². The SMILES string of the molecule is CC(CS(C)=O)NC1CC(c2cccc(Br)c2)C1. The van der Waals surface area contributed by atoms with Gasteiger partial charge in [-0.15, -0.1) is 0 Å². The van der Waals surface area contributed by atoms with Crippen LogP contribution in [0, 0.1) is 0 Å². The van der Waals surface area contributed by atoms with Crippen LogP contribution in [0.15, 0.2) is 28.7 Å². The minimum absolute atomic E-state index is 0.351. The molecule has 1 N–H and O–H groups in total. The minimum Gasteiger partial charge on any atom is -0.311 e. The molecule has 2 rings (SSSR count). The van der Waals surface area contributed by atoms with Crippen LogP contribution < -0.4 is 5.32 Å². The topological polar surface area (TPSA) is 29.1 Å². The van der Waals surface area contributed by atoms with Crippen molar-refractivity contribution in [3.8, 4) is 0 Å². The van der Waals surface area contributed by atoms with Gasteiger partial charge in [0.2, 0.25) is 0 Å². The summed E-state index contributed by atoms with van der Waals surface area (Å²) in [5.74, 6) is 1.43. The molecule has 1 aromatic carbocycles. The number of benzene rings is 1. The third kappa shape index (κ3) is 3.90. The van der Waals surface area contributed by atoms with Gasteiger partial charge in [-0.25, -0.2) is 0 Å². The zero-order valence-electron chi connectivity index (χ0n) is 10.9. The van der Waals surface area contributed by atoms with Gasteiger partial charge in [0.05, 0.1) is 0 Å².